The lowest BCUT2D eigenvalue weighted by atomic mass is 10.3. The monoisotopic (exact) mass is 275 g/mol. The first kappa shape index (κ1) is 17.2. The second-order valence-corrected chi connectivity index (χ2v) is 3.89. The zero-order chi connectivity index (χ0) is 14.7. The van der Waals surface area contributed by atoms with Crippen molar-refractivity contribution < 1.29 is 24.6 Å². The number of aliphatic hydroxyl groups excluding tert-OH is 1. The number of carbonyl (C=O) groups excluding carboxylic acids is 2. The van der Waals surface area contributed by atoms with Crippen LogP contribution in [0, 0.1) is 0 Å². The molecule has 0 aliphatic carbocycles. The summed E-state index contributed by atoms with van der Waals surface area (Å²) in [6.45, 7) is 1.75. The van der Waals surface area contributed by atoms with Crippen LogP contribution in [0.15, 0.2) is 0 Å². The Bertz CT molecular complexity index is 309. The van der Waals surface area contributed by atoms with Crippen LogP contribution in [0.1, 0.15) is 19.8 Å². The number of unbranched alkanes of at least 4 members (excludes halogenated alkanes) is 1. The quantitative estimate of drug-likeness (QED) is 0.430. The van der Waals surface area contributed by atoms with Crippen LogP contribution in [0.2, 0.25) is 0 Å². The predicted molar refractivity (Wildman–Crippen MR) is 67.6 cm³/mol. The number of carboxylic acid groups (broad SMARTS) is 1. The first-order valence-electron chi connectivity index (χ1n) is 6.13. The number of rotatable bonds is 9. The Morgan fingerprint density at radius 3 is 2.32 bits per heavy atom. The standard InChI is InChI=1S/C11H21N3O5/c1-2-3-4-14(5-6-15)11(19)13-7-9(16)12-8-10(17)18/h15H,2-8H2,1H3,(H,12,16)(H,13,19)(H,17,18). The van der Waals surface area contributed by atoms with E-state index in [0.717, 1.165) is 12.8 Å². The van der Waals surface area contributed by atoms with Gasteiger partial charge in [0.15, 0.2) is 0 Å². The fraction of sp³-hybridized carbons (Fsp3) is 0.727. The number of nitrogens with zero attached hydrogens (tertiary/aromatic N) is 1. The van der Waals surface area contributed by atoms with Crippen molar-refractivity contribution in [3.8, 4) is 0 Å². The van der Waals surface area contributed by atoms with Gasteiger partial charge in [0.1, 0.15) is 6.54 Å². The molecule has 0 fully saturated rings. The Morgan fingerprint density at radius 1 is 1.11 bits per heavy atom. The average molecular weight is 275 g/mol. The van der Waals surface area contributed by atoms with Gasteiger partial charge in [-0.15, -0.1) is 0 Å². The molecule has 3 amide bonds. The molecule has 19 heavy (non-hydrogen) atoms. The lowest BCUT2D eigenvalue weighted by molar-refractivity contribution is -0.137. The summed E-state index contributed by atoms with van der Waals surface area (Å²) in [7, 11) is 0. The molecule has 0 bridgehead atoms. The van der Waals surface area contributed by atoms with Crippen molar-refractivity contribution in [3.63, 3.8) is 0 Å². The van der Waals surface area contributed by atoms with Gasteiger partial charge in [0.05, 0.1) is 13.2 Å². The molecule has 0 saturated carbocycles. The van der Waals surface area contributed by atoms with Gasteiger partial charge in [0.2, 0.25) is 5.91 Å². The summed E-state index contributed by atoms with van der Waals surface area (Å²) in [5, 5.41) is 21.7. The number of urea groups is 1. The van der Waals surface area contributed by atoms with Gasteiger partial charge in [-0.25, -0.2) is 4.79 Å². The van der Waals surface area contributed by atoms with Crippen LogP contribution in [0.5, 0.6) is 0 Å². The van der Waals surface area contributed by atoms with E-state index >= 15 is 0 Å². The second-order valence-electron chi connectivity index (χ2n) is 3.89. The Hall–Kier alpha value is -1.83. The summed E-state index contributed by atoms with van der Waals surface area (Å²) >= 11 is 0. The summed E-state index contributed by atoms with van der Waals surface area (Å²) in [6, 6.07) is -0.451. The maximum absolute atomic E-state index is 11.7. The van der Waals surface area contributed by atoms with E-state index in [2.05, 4.69) is 10.6 Å². The zero-order valence-electron chi connectivity index (χ0n) is 11.0. The Balaban J connectivity index is 4.03. The second kappa shape index (κ2) is 10.1. The van der Waals surface area contributed by atoms with Crippen LogP contribution < -0.4 is 10.6 Å². The molecule has 0 aliphatic heterocycles. The van der Waals surface area contributed by atoms with Crippen LogP contribution in [-0.2, 0) is 9.59 Å². The van der Waals surface area contributed by atoms with Gasteiger partial charge in [-0.1, -0.05) is 13.3 Å². The van der Waals surface area contributed by atoms with Crippen molar-refractivity contribution >= 4 is 17.9 Å². The molecular weight excluding hydrogens is 254 g/mol. The third kappa shape index (κ3) is 8.83. The number of carboxylic acids is 1. The van der Waals surface area contributed by atoms with Gasteiger partial charge in [-0.3, -0.25) is 9.59 Å². The lowest BCUT2D eigenvalue weighted by Gasteiger charge is -2.21. The van der Waals surface area contributed by atoms with E-state index in [9.17, 15) is 14.4 Å². The van der Waals surface area contributed by atoms with E-state index in [4.69, 9.17) is 10.2 Å². The first-order valence-corrected chi connectivity index (χ1v) is 6.13. The molecule has 0 rings (SSSR count). The van der Waals surface area contributed by atoms with E-state index in [0.29, 0.717) is 6.54 Å². The van der Waals surface area contributed by atoms with E-state index in [-0.39, 0.29) is 19.7 Å². The van der Waals surface area contributed by atoms with Gasteiger partial charge in [0.25, 0.3) is 0 Å². The van der Waals surface area contributed by atoms with E-state index in [1.165, 1.54) is 4.90 Å². The number of carbonyl (C=O) groups is 3. The van der Waals surface area contributed by atoms with Crippen molar-refractivity contribution in [2.75, 3.05) is 32.8 Å². The number of aliphatic carboxylic acids is 1. The van der Waals surface area contributed by atoms with Crippen LogP contribution in [0.25, 0.3) is 0 Å². The maximum atomic E-state index is 11.7. The van der Waals surface area contributed by atoms with Gasteiger partial charge in [0, 0.05) is 13.1 Å². The van der Waals surface area contributed by atoms with Crippen molar-refractivity contribution in [1.82, 2.24) is 15.5 Å². The molecule has 0 saturated heterocycles. The molecule has 0 aliphatic rings. The normalized spacial score (nSPS) is 9.79. The largest absolute Gasteiger partial charge is 0.480 e. The molecule has 0 heterocycles. The molecule has 0 aromatic heterocycles. The van der Waals surface area contributed by atoms with E-state index in [1.54, 1.807) is 0 Å². The summed E-state index contributed by atoms with van der Waals surface area (Å²) in [5.41, 5.74) is 0. The molecule has 0 unspecified atom stereocenters. The van der Waals surface area contributed by atoms with E-state index < -0.39 is 24.5 Å². The van der Waals surface area contributed by atoms with Crippen molar-refractivity contribution in [1.29, 1.82) is 0 Å². The molecule has 4 N–H and O–H groups in total. The van der Waals surface area contributed by atoms with Gasteiger partial charge in [-0.2, -0.15) is 0 Å². The molecular formula is C11H21N3O5. The third-order valence-electron chi connectivity index (χ3n) is 2.28. The smallest absolute Gasteiger partial charge is 0.322 e. The highest BCUT2D eigenvalue weighted by Gasteiger charge is 2.13. The summed E-state index contributed by atoms with van der Waals surface area (Å²) in [4.78, 5) is 34.5. The minimum atomic E-state index is -1.15. The molecule has 0 radical (unpaired) electrons. The lowest BCUT2D eigenvalue weighted by Crippen LogP contribution is -2.46. The predicted octanol–water partition coefficient (Wildman–Crippen LogP) is -1.01. The van der Waals surface area contributed by atoms with Crippen LogP contribution >= 0.6 is 0 Å². The minimum absolute atomic E-state index is 0.150. The Kier molecular flexibility index (Phi) is 9.15. The number of hydrogen-bond acceptors (Lipinski definition) is 4. The molecule has 0 atom stereocenters. The third-order valence-corrected chi connectivity index (χ3v) is 2.28. The summed E-state index contributed by atoms with van der Waals surface area (Å²) in [5.74, 6) is -1.72. The molecule has 8 nitrogen and oxygen atoms in total. The molecule has 8 heteroatoms. The van der Waals surface area contributed by atoms with Crippen molar-refractivity contribution in [2.45, 2.75) is 19.8 Å². The number of nitrogens with one attached hydrogen (secondary N) is 2. The molecule has 0 spiro atoms. The number of aliphatic hydroxyl groups is 1. The van der Waals surface area contributed by atoms with E-state index in [1.807, 2.05) is 6.92 Å². The van der Waals surface area contributed by atoms with Gasteiger partial charge < -0.3 is 25.7 Å². The van der Waals surface area contributed by atoms with Crippen molar-refractivity contribution in [3.05, 3.63) is 0 Å². The highest BCUT2D eigenvalue weighted by atomic mass is 16.4. The average Bonchev–Trinajstić information content (AvgIpc) is 2.38. The SMILES string of the molecule is CCCCN(CCO)C(=O)NCC(=O)NCC(=O)O. The molecule has 0 aromatic rings. The van der Waals surface area contributed by atoms with Gasteiger partial charge in [-0.05, 0) is 6.42 Å². The van der Waals surface area contributed by atoms with Crippen LogP contribution in [0.4, 0.5) is 4.79 Å². The Labute approximate surface area is 111 Å². The summed E-state index contributed by atoms with van der Waals surface area (Å²) < 4.78 is 0. The minimum Gasteiger partial charge on any atom is -0.480 e. The highest BCUT2D eigenvalue weighted by molar-refractivity contribution is 5.86. The fourth-order valence-corrected chi connectivity index (χ4v) is 1.29. The zero-order valence-corrected chi connectivity index (χ0v) is 11.0. The highest BCUT2D eigenvalue weighted by Crippen LogP contribution is 1.95. The number of hydrogen-bond donors (Lipinski definition) is 4. The molecule has 0 aromatic carbocycles. The topological polar surface area (TPSA) is 119 Å². The van der Waals surface area contributed by atoms with Crippen LogP contribution in [-0.4, -0.2) is 65.8 Å². The fourth-order valence-electron chi connectivity index (χ4n) is 1.29. The summed E-state index contributed by atoms with van der Waals surface area (Å²) in [6.07, 6.45) is 1.72. The van der Waals surface area contributed by atoms with Gasteiger partial charge >= 0.3 is 12.0 Å². The Morgan fingerprint density at radius 2 is 1.79 bits per heavy atom. The first-order chi connectivity index (χ1) is 9.01. The maximum Gasteiger partial charge on any atom is 0.322 e. The number of amides is 3. The van der Waals surface area contributed by atoms with Crippen LogP contribution in [0.3, 0.4) is 0 Å². The molecule has 110 valence electrons. The van der Waals surface area contributed by atoms with Crippen molar-refractivity contribution in [2.24, 2.45) is 0 Å².